The van der Waals surface area contributed by atoms with Gasteiger partial charge in [0.25, 0.3) is 0 Å². The fourth-order valence-corrected chi connectivity index (χ4v) is 3.38. The summed E-state index contributed by atoms with van der Waals surface area (Å²) in [4.78, 5) is 19.2. The zero-order chi connectivity index (χ0) is 15.5. The fraction of sp³-hybridized carbons (Fsp3) is 0.750. The highest BCUT2D eigenvalue weighted by Gasteiger charge is 2.29. The van der Waals surface area contributed by atoms with Crippen LogP contribution in [-0.4, -0.2) is 71.1 Å². The first-order chi connectivity index (χ1) is 10.6. The molecule has 122 valence electrons. The molecule has 0 saturated carbocycles. The van der Waals surface area contributed by atoms with Gasteiger partial charge >= 0.3 is 0 Å². The van der Waals surface area contributed by atoms with E-state index in [0.29, 0.717) is 5.91 Å². The smallest absolute Gasteiger partial charge is 0.239 e. The molecule has 0 bridgehead atoms. The monoisotopic (exact) mass is 306 g/mol. The lowest BCUT2D eigenvalue weighted by atomic mass is 10.2. The highest BCUT2D eigenvalue weighted by molar-refractivity contribution is 5.81. The molecule has 2 fully saturated rings. The first kappa shape index (κ1) is 15.5. The summed E-state index contributed by atoms with van der Waals surface area (Å²) in [6.07, 6.45) is 2.31. The van der Waals surface area contributed by atoms with Gasteiger partial charge in [-0.1, -0.05) is 5.16 Å². The van der Waals surface area contributed by atoms with Gasteiger partial charge in [-0.2, -0.15) is 0 Å². The molecule has 3 heterocycles. The summed E-state index contributed by atoms with van der Waals surface area (Å²) < 4.78 is 5.28. The molecule has 1 atom stereocenters. The molecule has 0 spiro atoms. The number of amides is 1. The highest BCUT2D eigenvalue weighted by Crippen LogP contribution is 2.15. The molecular weight excluding hydrogens is 280 g/mol. The van der Waals surface area contributed by atoms with Crippen LogP contribution in [0.4, 0.5) is 0 Å². The van der Waals surface area contributed by atoms with Crippen LogP contribution in [-0.2, 0) is 11.3 Å². The van der Waals surface area contributed by atoms with Crippen LogP contribution in [0.2, 0.25) is 0 Å². The first-order valence-corrected chi connectivity index (χ1v) is 8.31. The third kappa shape index (κ3) is 3.50. The van der Waals surface area contributed by atoms with Gasteiger partial charge in [0.05, 0.1) is 18.3 Å². The first-order valence-electron chi connectivity index (χ1n) is 8.31. The minimum absolute atomic E-state index is 0.00720. The lowest BCUT2D eigenvalue weighted by Crippen LogP contribution is -2.53. The van der Waals surface area contributed by atoms with E-state index in [4.69, 9.17) is 4.52 Å². The second kappa shape index (κ2) is 6.79. The zero-order valence-corrected chi connectivity index (χ0v) is 13.6. The quantitative estimate of drug-likeness (QED) is 0.834. The molecule has 6 nitrogen and oxygen atoms in total. The van der Waals surface area contributed by atoms with Gasteiger partial charge < -0.3 is 9.42 Å². The van der Waals surface area contributed by atoms with E-state index in [1.54, 1.807) is 0 Å². The minimum Gasteiger partial charge on any atom is -0.360 e. The Bertz CT molecular complexity index is 502. The lowest BCUT2D eigenvalue weighted by molar-refractivity contribution is -0.136. The van der Waals surface area contributed by atoms with Crippen LogP contribution in [0, 0.1) is 6.92 Å². The van der Waals surface area contributed by atoms with E-state index in [1.165, 1.54) is 0 Å². The second-order valence-corrected chi connectivity index (χ2v) is 6.46. The summed E-state index contributed by atoms with van der Waals surface area (Å²) >= 11 is 0. The molecule has 3 rings (SSSR count). The number of carbonyl (C=O) groups excluding carboxylic acids is 1. The van der Waals surface area contributed by atoms with Gasteiger partial charge in [-0.3, -0.25) is 14.6 Å². The molecule has 1 aromatic heterocycles. The van der Waals surface area contributed by atoms with Crippen LogP contribution in [0.1, 0.15) is 31.2 Å². The number of aryl methyl sites for hydroxylation is 1. The van der Waals surface area contributed by atoms with Gasteiger partial charge in [-0.05, 0) is 26.7 Å². The number of aromatic nitrogens is 1. The van der Waals surface area contributed by atoms with Crippen molar-refractivity contribution in [1.29, 1.82) is 0 Å². The van der Waals surface area contributed by atoms with Crippen molar-refractivity contribution < 1.29 is 9.32 Å². The summed E-state index contributed by atoms with van der Waals surface area (Å²) in [7, 11) is 0. The van der Waals surface area contributed by atoms with Crippen LogP contribution in [0.15, 0.2) is 10.6 Å². The lowest BCUT2D eigenvalue weighted by Gasteiger charge is -2.38. The maximum absolute atomic E-state index is 12.5. The average molecular weight is 306 g/mol. The Hall–Kier alpha value is -1.40. The van der Waals surface area contributed by atoms with Crippen LogP contribution in [0.3, 0.4) is 0 Å². The molecule has 0 N–H and O–H groups in total. The summed E-state index contributed by atoms with van der Waals surface area (Å²) in [6, 6.07) is 2.00. The second-order valence-electron chi connectivity index (χ2n) is 6.46. The highest BCUT2D eigenvalue weighted by atomic mass is 16.5. The number of hydrogen-bond acceptors (Lipinski definition) is 5. The number of nitrogens with zero attached hydrogens (tertiary/aromatic N) is 4. The van der Waals surface area contributed by atoms with E-state index in [0.717, 1.165) is 70.1 Å². The van der Waals surface area contributed by atoms with Crippen molar-refractivity contribution in [2.45, 2.75) is 39.3 Å². The maximum atomic E-state index is 12.5. The standard InChI is InChI=1S/C16H26N4O2/c1-13-11-15(22-17-13)12-18-7-9-19(10-8-18)14(2)16(21)20-5-3-4-6-20/h11,14H,3-10,12H2,1-2H3. The summed E-state index contributed by atoms with van der Waals surface area (Å²) in [5.74, 6) is 1.23. The molecule has 0 radical (unpaired) electrons. The van der Waals surface area contributed by atoms with Crippen molar-refractivity contribution in [3.8, 4) is 0 Å². The third-order valence-electron chi connectivity index (χ3n) is 4.79. The molecule has 0 aliphatic carbocycles. The Labute approximate surface area is 132 Å². The van der Waals surface area contributed by atoms with E-state index < -0.39 is 0 Å². The van der Waals surface area contributed by atoms with Crippen molar-refractivity contribution in [2.24, 2.45) is 0 Å². The van der Waals surface area contributed by atoms with Crippen LogP contribution < -0.4 is 0 Å². The molecule has 2 aliphatic rings. The summed E-state index contributed by atoms with van der Waals surface area (Å²) in [5.41, 5.74) is 0.929. The van der Waals surface area contributed by atoms with Crippen molar-refractivity contribution in [3.63, 3.8) is 0 Å². The molecule has 1 unspecified atom stereocenters. The summed E-state index contributed by atoms with van der Waals surface area (Å²) in [5, 5.41) is 3.93. The van der Waals surface area contributed by atoms with E-state index in [9.17, 15) is 4.79 Å². The van der Waals surface area contributed by atoms with Crippen molar-refractivity contribution in [2.75, 3.05) is 39.3 Å². The maximum Gasteiger partial charge on any atom is 0.239 e. The van der Waals surface area contributed by atoms with E-state index in [1.807, 2.05) is 17.9 Å². The Morgan fingerprint density at radius 2 is 1.91 bits per heavy atom. The Morgan fingerprint density at radius 1 is 1.23 bits per heavy atom. The topological polar surface area (TPSA) is 52.8 Å². The van der Waals surface area contributed by atoms with Crippen LogP contribution >= 0.6 is 0 Å². The number of hydrogen-bond donors (Lipinski definition) is 0. The number of carbonyl (C=O) groups is 1. The SMILES string of the molecule is Cc1cc(CN2CCN(C(C)C(=O)N3CCCC3)CC2)on1. The minimum atomic E-state index is 0.00720. The van der Waals surface area contributed by atoms with Crippen molar-refractivity contribution in [1.82, 2.24) is 19.9 Å². The molecule has 6 heteroatoms. The van der Waals surface area contributed by atoms with Crippen molar-refractivity contribution >= 4 is 5.91 Å². The van der Waals surface area contributed by atoms with Gasteiger partial charge in [-0.15, -0.1) is 0 Å². The van der Waals surface area contributed by atoms with E-state index in [-0.39, 0.29) is 6.04 Å². The Kier molecular flexibility index (Phi) is 4.78. The Morgan fingerprint density at radius 3 is 2.50 bits per heavy atom. The third-order valence-corrected chi connectivity index (χ3v) is 4.79. The van der Waals surface area contributed by atoms with Gasteiger partial charge in [0.2, 0.25) is 5.91 Å². The van der Waals surface area contributed by atoms with Gasteiger partial charge in [0.1, 0.15) is 0 Å². The number of piperazine rings is 1. The summed E-state index contributed by atoms with van der Waals surface area (Å²) in [6.45, 7) is 10.5. The van der Waals surface area contributed by atoms with Crippen LogP contribution in [0.5, 0.6) is 0 Å². The molecule has 2 saturated heterocycles. The largest absolute Gasteiger partial charge is 0.360 e. The molecule has 1 amide bonds. The molecule has 0 aromatic carbocycles. The predicted octanol–water partition coefficient (Wildman–Crippen LogP) is 1.11. The van der Waals surface area contributed by atoms with Gasteiger partial charge in [0, 0.05) is 45.3 Å². The molecule has 1 aromatic rings. The Balaban J connectivity index is 1.47. The van der Waals surface area contributed by atoms with Crippen molar-refractivity contribution in [3.05, 3.63) is 17.5 Å². The molecular formula is C16H26N4O2. The number of rotatable bonds is 4. The number of likely N-dealkylation sites (tertiary alicyclic amines) is 1. The zero-order valence-electron chi connectivity index (χ0n) is 13.6. The normalized spacial score (nSPS) is 22.2. The molecule has 2 aliphatic heterocycles. The van der Waals surface area contributed by atoms with Crippen LogP contribution in [0.25, 0.3) is 0 Å². The average Bonchev–Trinajstić information content (AvgIpc) is 3.18. The molecule has 22 heavy (non-hydrogen) atoms. The van der Waals surface area contributed by atoms with Gasteiger partial charge in [-0.25, -0.2) is 0 Å². The predicted molar refractivity (Wildman–Crippen MR) is 83.4 cm³/mol. The van der Waals surface area contributed by atoms with Gasteiger partial charge in [0.15, 0.2) is 5.76 Å². The van der Waals surface area contributed by atoms with E-state index in [2.05, 4.69) is 21.9 Å². The fourth-order valence-electron chi connectivity index (χ4n) is 3.38. The van der Waals surface area contributed by atoms with E-state index >= 15 is 0 Å².